The maximum atomic E-state index is 9.12. The molecule has 45 valence electrons. The zero-order chi connectivity index (χ0) is 5.21. The second-order valence-corrected chi connectivity index (χ2v) is 1.96. The first-order chi connectivity index (χ1) is 2.56. The molecule has 0 saturated carbocycles. The van der Waals surface area contributed by atoms with E-state index in [9.17, 15) is 0 Å². The Hall–Kier alpha value is 3.46. The zero-order valence-corrected chi connectivity index (χ0v) is 11.1. The predicted molar refractivity (Wildman–Crippen MR) is 20.3 cm³/mol. The van der Waals surface area contributed by atoms with Gasteiger partial charge in [0.25, 0.3) is 0 Å². The van der Waals surface area contributed by atoms with Crippen LogP contribution in [-0.2, 0) is 8.64 Å². The molecule has 0 bridgehead atoms. The number of phosphoric acid groups is 1. The van der Waals surface area contributed by atoms with Gasteiger partial charge >= 0.3 is 45.5 Å². The summed E-state index contributed by atoms with van der Waals surface area (Å²) in [5.74, 6) is 0. The third kappa shape index (κ3) is 16.2. The van der Waals surface area contributed by atoms with E-state index in [0.717, 1.165) is 0 Å². The molecule has 0 saturated heterocycles. The summed E-state index contributed by atoms with van der Waals surface area (Å²) in [7, 11) is -4.88. The maximum Gasteiger partial charge on any atom is 2.00 e. The van der Waals surface area contributed by atoms with Gasteiger partial charge in [-0.25, -0.2) is 4.08 Å². The predicted octanol–water partition coefficient (Wildman–Crippen LogP) is -1.40. The molecule has 4 nitrogen and oxygen atoms in total. The van der Waals surface area contributed by atoms with Gasteiger partial charge in [-0.1, -0.05) is 0 Å². The second kappa shape index (κ2) is 8.56. The van der Waals surface area contributed by atoms with E-state index in [1.807, 2.05) is 0 Å². The maximum absolute atomic E-state index is 9.12. The summed E-state index contributed by atoms with van der Waals surface area (Å²) in [6.07, 6.45) is 0. The number of rotatable bonds is 1. The van der Waals surface area contributed by atoms with Gasteiger partial charge in [0.15, 0.2) is 0 Å². The van der Waals surface area contributed by atoms with Gasteiger partial charge in [0.2, 0.25) is 0 Å². The molecule has 0 aliphatic carbocycles. The van der Waals surface area contributed by atoms with E-state index < -0.39 is 7.82 Å². The van der Waals surface area contributed by atoms with Crippen LogP contribution in [0.4, 0.5) is 0 Å². The molecule has 0 aromatic heterocycles. The van der Waals surface area contributed by atoms with Crippen LogP contribution >= 0.6 is 19.7 Å². The number of hydrogen-bond acceptors (Lipinski definition) is 4. The summed E-state index contributed by atoms with van der Waals surface area (Å²) in [6, 6.07) is 0. The van der Waals surface area contributed by atoms with Crippen LogP contribution in [0.3, 0.4) is 0 Å². The van der Waals surface area contributed by atoms with Gasteiger partial charge in [0, 0.05) is 49.4 Å². The third-order valence-electron chi connectivity index (χ3n) is 0.0845. The van der Waals surface area contributed by atoms with Crippen LogP contribution in [-0.4, -0.2) is 45.5 Å². The average molecular weight is 370 g/mol. The molecular formula is ClEuO4PSr. The van der Waals surface area contributed by atoms with Crippen molar-refractivity contribution in [2.45, 2.75) is 0 Å². The molecule has 0 aromatic carbocycles. The molecule has 0 amide bonds. The van der Waals surface area contributed by atoms with Crippen LogP contribution < -0.4 is 9.79 Å². The van der Waals surface area contributed by atoms with E-state index in [0.29, 0.717) is 0 Å². The van der Waals surface area contributed by atoms with Crippen molar-refractivity contribution in [2.24, 2.45) is 0 Å². The first-order valence-electron chi connectivity index (χ1n) is 0.885. The van der Waals surface area contributed by atoms with Gasteiger partial charge in [-0.3, -0.25) is 0 Å². The first-order valence-corrected chi connectivity index (χ1v) is 2.65. The summed E-state index contributed by atoms with van der Waals surface area (Å²) in [5, 5.41) is 0. The summed E-state index contributed by atoms with van der Waals surface area (Å²) in [6.45, 7) is 0. The standard InChI is InChI=1S/ClH2O4P.Eu.Sr/c1-5-6(2,3)4;;/h(H2,2,3,4);;/q;;+2/p-2. The molecule has 0 aliphatic rings. The van der Waals surface area contributed by atoms with Crippen LogP contribution in [0.5, 0.6) is 0 Å². The molecule has 0 aromatic rings. The molecule has 0 rings (SSSR count). The first kappa shape index (κ1) is 17.5. The van der Waals surface area contributed by atoms with E-state index in [-0.39, 0.29) is 94.9 Å². The molecule has 0 N–H and O–H groups in total. The van der Waals surface area contributed by atoms with Crippen molar-refractivity contribution in [3.8, 4) is 0 Å². The summed E-state index contributed by atoms with van der Waals surface area (Å²) >= 11 is 4.09. The van der Waals surface area contributed by atoms with Crippen molar-refractivity contribution in [2.75, 3.05) is 0 Å². The summed E-state index contributed by atoms with van der Waals surface area (Å²) < 4.78 is 12.0. The number of hydrogen-bond donors (Lipinski definition) is 0. The Morgan fingerprint density at radius 2 is 1.62 bits per heavy atom. The molecule has 0 spiro atoms. The Labute approximate surface area is 130 Å². The second-order valence-electron chi connectivity index (χ2n) is 0.516. The minimum Gasteiger partial charge on any atom is -0.789 e. The molecule has 8 heavy (non-hydrogen) atoms. The fraction of sp³-hybridized carbons (Fsp3) is 0. The van der Waals surface area contributed by atoms with Gasteiger partial charge < -0.3 is 14.4 Å². The van der Waals surface area contributed by atoms with Gasteiger partial charge in [0.1, 0.15) is 0 Å². The van der Waals surface area contributed by atoms with E-state index in [2.05, 4.69) is 15.9 Å². The topological polar surface area (TPSA) is 72.4 Å². The Morgan fingerprint density at radius 1 is 1.50 bits per heavy atom. The van der Waals surface area contributed by atoms with Crippen molar-refractivity contribution < 1.29 is 67.8 Å². The van der Waals surface area contributed by atoms with Crippen LogP contribution in [0.1, 0.15) is 0 Å². The smallest absolute Gasteiger partial charge is 0.789 e. The van der Waals surface area contributed by atoms with Crippen LogP contribution in [0.25, 0.3) is 0 Å². The van der Waals surface area contributed by atoms with Crippen molar-refractivity contribution >= 4 is 65.2 Å². The van der Waals surface area contributed by atoms with Crippen LogP contribution in [0, 0.1) is 49.4 Å². The molecule has 0 atom stereocenters. The van der Waals surface area contributed by atoms with E-state index in [4.69, 9.17) is 14.4 Å². The largest absolute Gasteiger partial charge is 2.00 e. The van der Waals surface area contributed by atoms with E-state index in [1.165, 1.54) is 0 Å². The summed E-state index contributed by atoms with van der Waals surface area (Å²) in [4.78, 5) is 18.2. The molecule has 0 unspecified atom stereocenters. The van der Waals surface area contributed by atoms with Crippen molar-refractivity contribution in [1.29, 1.82) is 0 Å². The van der Waals surface area contributed by atoms with Gasteiger partial charge in [-0.15, -0.1) is 0 Å². The SMILES string of the molecule is O=P([O-])([O-])OCl.[Eu].[Sr+2]. The van der Waals surface area contributed by atoms with Crippen LogP contribution in [0.15, 0.2) is 0 Å². The Bertz CT molecular complexity index is 80.1. The van der Waals surface area contributed by atoms with Gasteiger partial charge in [-0.05, 0) is 0 Å². The zero-order valence-electron chi connectivity index (χ0n) is 3.54. The molecular weight excluding hydrogens is 370 g/mol. The quantitative estimate of drug-likeness (QED) is 0.421. The van der Waals surface area contributed by atoms with Crippen molar-refractivity contribution in [1.82, 2.24) is 0 Å². The third-order valence-corrected chi connectivity index (χ3v) is 0.761. The van der Waals surface area contributed by atoms with Crippen molar-refractivity contribution in [3.63, 3.8) is 0 Å². The minimum atomic E-state index is -4.88. The van der Waals surface area contributed by atoms with Gasteiger partial charge in [-0.2, -0.15) is 0 Å². The van der Waals surface area contributed by atoms with E-state index >= 15 is 0 Å². The normalized spacial score (nSPS) is 8.88. The Morgan fingerprint density at radius 3 is 1.62 bits per heavy atom. The molecule has 0 fully saturated rings. The summed E-state index contributed by atoms with van der Waals surface area (Å²) in [5.41, 5.74) is 0. The molecule has 0 aliphatic heterocycles. The number of halogens is 1. The van der Waals surface area contributed by atoms with Crippen LogP contribution in [0.2, 0.25) is 0 Å². The Kier molecular flexibility index (Phi) is 18.8. The average Bonchev–Trinajstić information content (AvgIpc) is 1.35. The molecule has 0 heterocycles. The monoisotopic (exact) mass is 371 g/mol. The fourth-order valence-corrected chi connectivity index (χ4v) is 0. The fourth-order valence-electron chi connectivity index (χ4n) is 0. The Balaban J connectivity index is -0.000000125. The molecule has 8 heteroatoms. The van der Waals surface area contributed by atoms with Crippen molar-refractivity contribution in [3.05, 3.63) is 0 Å². The van der Waals surface area contributed by atoms with E-state index in [1.54, 1.807) is 0 Å². The molecule has 1 radical (unpaired) electrons. The van der Waals surface area contributed by atoms with Gasteiger partial charge in [0.05, 0.1) is 19.7 Å². The minimum absolute atomic E-state index is 0.